The van der Waals surface area contributed by atoms with Crippen LogP contribution in [-0.2, 0) is 11.2 Å². The van der Waals surface area contributed by atoms with E-state index in [9.17, 15) is 4.79 Å². The van der Waals surface area contributed by atoms with E-state index in [0.29, 0.717) is 0 Å². The molecule has 2 nitrogen and oxygen atoms in total. The van der Waals surface area contributed by atoms with Crippen LogP contribution >= 0.6 is 15.9 Å². The molecule has 0 radical (unpaired) electrons. The van der Waals surface area contributed by atoms with Gasteiger partial charge in [-0.1, -0.05) is 46.6 Å². The minimum absolute atomic E-state index is 0.0705. The van der Waals surface area contributed by atoms with Gasteiger partial charge in [0, 0.05) is 11.9 Å². The topological polar surface area (TPSA) is 29.1 Å². The second kappa shape index (κ2) is 7.68. The Labute approximate surface area is 124 Å². The third-order valence-electron chi connectivity index (χ3n) is 3.80. The molecule has 1 aromatic carbocycles. The maximum atomic E-state index is 12.3. The molecule has 0 aliphatic heterocycles. The standard InChI is InChI=1S/C16H22BrNO/c17-11-4-1-5-12-18-16(19)15-10-6-8-13-7-2-3-9-14(13)15/h2-3,7,9,15H,1,4-6,8,10-12H2,(H,18,19). The molecule has 1 unspecified atom stereocenters. The zero-order valence-electron chi connectivity index (χ0n) is 11.3. The van der Waals surface area contributed by atoms with Crippen LogP contribution in [0.5, 0.6) is 0 Å². The molecule has 1 amide bonds. The first-order valence-corrected chi connectivity index (χ1v) is 8.36. The highest BCUT2D eigenvalue weighted by Gasteiger charge is 2.25. The van der Waals surface area contributed by atoms with Gasteiger partial charge in [-0.2, -0.15) is 0 Å². The van der Waals surface area contributed by atoms with Crippen molar-refractivity contribution in [1.82, 2.24) is 5.32 Å². The minimum Gasteiger partial charge on any atom is -0.356 e. The van der Waals surface area contributed by atoms with Crippen molar-refractivity contribution in [3.63, 3.8) is 0 Å². The number of amides is 1. The first-order valence-electron chi connectivity index (χ1n) is 7.24. The first-order chi connectivity index (χ1) is 9.33. The number of hydrogen-bond acceptors (Lipinski definition) is 1. The lowest BCUT2D eigenvalue weighted by molar-refractivity contribution is -0.122. The van der Waals surface area contributed by atoms with Crippen LogP contribution in [0, 0.1) is 0 Å². The van der Waals surface area contributed by atoms with Crippen LogP contribution in [0.4, 0.5) is 0 Å². The van der Waals surface area contributed by atoms with E-state index < -0.39 is 0 Å². The summed E-state index contributed by atoms with van der Waals surface area (Å²) in [5.74, 6) is 0.284. The van der Waals surface area contributed by atoms with E-state index in [-0.39, 0.29) is 11.8 Å². The fourth-order valence-corrected chi connectivity index (χ4v) is 3.15. The maximum absolute atomic E-state index is 12.3. The van der Waals surface area contributed by atoms with Crippen LogP contribution in [0.2, 0.25) is 0 Å². The molecule has 1 N–H and O–H groups in total. The third-order valence-corrected chi connectivity index (χ3v) is 4.36. The van der Waals surface area contributed by atoms with E-state index in [0.717, 1.165) is 37.6 Å². The van der Waals surface area contributed by atoms with Crippen LogP contribution in [0.25, 0.3) is 0 Å². The van der Waals surface area contributed by atoms with Crippen LogP contribution in [0.15, 0.2) is 24.3 Å². The molecule has 0 heterocycles. The van der Waals surface area contributed by atoms with Crippen molar-refractivity contribution in [3.05, 3.63) is 35.4 Å². The average molecular weight is 324 g/mol. The van der Waals surface area contributed by atoms with Gasteiger partial charge in [0.25, 0.3) is 0 Å². The molecule has 104 valence electrons. The molecule has 0 aromatic heterocycles. The Morgan fingerprint density at radius 1 is 1.26 bits per heavy atom. The lowest BCUT2D eigenvalue weighted by atomic mass is 9.82. The van der Waals surface area contributed by atoms with Gasteiger partial charge >= 0.3 is 0 Å². The van der Waals surface area contributed by atoms with E-state index in [2.05, 4.69) is 39.4 Å². The predicted octanol–water partition coefficient (Wildman–Crippen LogP) is 3.79. The van der Waals surface area contributed by atoms with Gasteiger partial charge in [-0.15, -0.1) is 0 Å². The van der Waals surface area contributed by atoms with Gasteiger partial charge in [-0.05, 0) is 43.2 Å². The van der Waals surface area contributed by atoms with Gasteiger partial charge in [0.05, 0.1) is 5.92 Å². The molecular weight excluding hydrogens is 302 g/mol. The molecular formula is C16H22BrNO. The largest absolute Gasteiger partial charge is 0.356 e. The Morgan fingerprint density at radius 3 is 2.95 bits per heavy atom. The predicted molar refractivity (Wildman–Crippen MR) is 82.8 cm³/mol. The van der Waals surface area contributed by atoms with E-state index in [4.69, 9.17) is 0 Å². The molecule has 1 aromatic rings. The Kier molecular flexibility index (Phi) is 5.90. The molecule has 0 bridgehead atoms. The van der Waals surface area contributed by atoms with Gasteiger partial charge in [-0.25, -0.2) is 0 Å². The molecule has 1 aliphatic carbocycles. The highest BCUT2D eigenvalue weighted by molar-refractivity contribution is 9.09. The quantitative estimate of drug-likeness (QED) is 0.626. The van der Waals surface area contributed by atoms with Gasteiger partial charge in [0.1, 0.15) is 0 Å². The summed E-state index contributed by atoms with van der Waals surface area (Å²) >= 11 is 3.42. The second-order valence-corrected chi connectivity index (χ2v) is 5.98. The number of rotatable bonds is 6. The number of aryl methyl sites for hydroxylation is 1. The first kappa shape index (κ1) is 14.6. The Bertz CT molecular complexity index is 419. The van der Waals surface area contributed by atoms with Gasteiger partial charge in [-0.3, -0.25) is 4.79 Å². The molecule has 3 heteroatoms. The van der Waals surface area contributed by atoms with E-state index in [1.54, 1.807) is 0 Å². The van der Waals surface area contributed by atoms with E-state index in [1.807, 2.05) is 6.07 Å². The van der Waals surface area contributed by atoms with Crippen LogP contribution in [-0.4, -0.2) is 17.8 Å². The molecule has 1 aliphatic rings. The number of halogens is 1. The maximum Gasteiger partial charge on any atom is 0.227 e. The summed E-state index contributed by atoms with van der Waals surface area (Å²) in [6.45, 7) is 0.810. The molecule has 1 atom stereocenters. The monoisotopic (exact) mass is 323 g/mol. The van der Waals surface area contributed by atoms with Gasteiger partial charge < -0.3 is 5.32 Å². The summed E-state index contributed by atoms with van der Waals surface area (Å²) in [5.41, 5.74) is 2.60. The number of carbonyl (C=O) groups is 1. The van der Waals surface area contributed by atoms with Gasteiger partial charge in [0.2, 0.25) is 5.91 Å². The van der Waals surface area contributed by atoms with Crippen molar-refractivity contribution in [1.29, 1.82) is 0 Å². The Hall–Kier alpha value is -0.830. The number of hydrogen-bond donors (Lipinski definition) is 1. The van der Waals surface area contributed by atoms with Crippen molar-refractivity contribution < 1.29 is 4.79 Å². The zero-order valence-corrected chi connectivity index (χ0v) is 12.9. The summed E-state index contributed by atoms with van der Waals surface area (Å²) < 4.78 is 0. The molecule has 0 fully saturated rings. The van der Waals surface area contributed by atoms with Crippen molar-refractivity contribution in [2.24, 2.45) is 0 Å². The molecule has 0 spiro atoms. The lowest BCUT2D eigenvalue weighted by Crippen LogP contribution is -2.32. The summed E-state index contributed by atoms with van der Waals surface area (Å²) in [6.07, 6.45) is 6.66. The minimum atomic E-state index is 0.0705. The number of alkyl halides is 1. The van der Waals surface area contributed by atoms with E-state index >= 15 is 0 Å². The molecule has 2 rings (SSSR count). The number of carbonyl (C=O) groups excluding carboxylic acids is 1. The number of benzene rings is 1. The Morgan fingerprint density at radius 2 is 2.11 bits per heavy atom. The number of nitrogens with one attached hydrogen (secondary N) is 1. The fourth-order valence-electron chi connectivity index (χ4n) is 2.76. The van der Waals surface area contributed by atoms with Gasteiger partial charge in [0.15, 0.2) is 0 Å². The van der Waals surface area contributed by atoms with Crippen molar-refractivity contribution >= 4 is 21.8 Å². The molecule has 0 saturated carbocycles. The highest BCUT2D eigenvalue weighted by atomic mass is 79.9. The van der Waals surface area contributed by atoms with E-state index in [1.165, 1.54) is 24.0 Å². The summed E-state index contributed by atoms with van der Waals surface area (Å²) in [7, 11) is 0. The van der Waals surface area contributed by atoms with Crippen LogP contribution in [0.3, 0.4) is 0 Å². The normalized spacial score (nSPS) is 17.8. The SMILES string of the molecule is O=C(NCCCCCBr)C1CCCc2ccccc21. The van der Waals surface area contributed by atoms with Crippen molar-refractivity contribution in [3.8, 4) is 0 Å². The fraction of sp³-hybridized carbons (Fsp3) is 0.562. The Balaban J connectivity index is 1.86. The zero-order chi connectivity index (χ0) is 13.5. The smallest absolute Gasteiger partial charge is 0.227 e. The summed E-state index contributed by atoms with van der Waals surface area (Å²) in [6, 6.07) is 8.38. The van der Waals surface area contributed by atoms with Crippen LogP contribution in [0.1, 0.15) is 49.1 Å². The highest BCUT2D eigenvalue weighted by Crippen LogP contribution is 2.31. The number of unbranched alkanes of at least 4 members (excludes halogenated alkanes) is 2. The number of fused-ring (bicyclic) bond motifs is 1. The average Bonchev–Trinajstić information content (AvgIpc) is 2.46. The molecule has 0 saturated heterocycles. The van der Waals surface area contributed by atoms with Crippen molar-refractivity contribution in [2.45, 2.75) is 44.4 Å². The third kappa shape index (κ3) is 4.07. The van der Waals surface area contributed by atoms with Crippen molar-refractivity contribution in [2.75, 3.05) is 11.9 Å². The van der Waals surface area contributed by atoms with Crippen LogP contribution < -0.4 is 5.32 Å². The summed E-state index contributed by atoms with van der Waals surface area (Å²) in [5, 5.41) is 4.15. The lowest BCUT2D eigenvalue weighted by Gasteiger charge is -2.24. The second-order valence-electron chi connectivity index (χ2n) is 5.18. The molecule has 19 heavy (non-hydrogen) atoms. The summed E-state index contributed by atoms with van der Waals surface area (Å²) in [4.78, 5) is 12.3.